The summed E-state index contributed by atoms with van der Waals surface area (Å²) in [5.41, 5.74) is 0. The van der Waals surface area contributed by atoms with Gasteiger partial charge in [-0.25, -0.2) is 0 Å². The molecule has 0 fully saturated rings. The van der Waals surface area contributed by atoms with E-state index < -0.39 is 10.8 Å². The maximum Gasteiger partial charge on any atom is 0.162 e. The number of methoxy groups -OCH3 is 1. The molecule has 0 spiro atoms. The van der Waals surface area contributed by atoms with E-state index in [1.807, 2.05) is 0 Å². The fourth-order valence-corrected chi connectivity index (χ4v) is 3.60. The van der Waals surface area contributed by atoms with Crippen molar-refractivity contribution < 1.29 is 18.4 Å². The molecule has 112 valence electrons. The quantitative estimate of drug-likeness (QED) is 0.725. The molecule has 0 bridgehead atoms. The summed E-state index contributed by atoms with van der Waals surface area (Å²) in [6.45, 7) is 1.78. The van der Waals surface area contributed by atoms with Crippen molar-refractivity contribution in [3.63, 3.8) is 0 Å². The van der Waals surface area contributed by atoms with Crippen LogP contribution < -0.4 is 9.47 Å². The van der Waals surface area contributed by atoms with Crippen molar-refractivity contribution in [1.82, 2.24) is 0 Å². The van der Waals surface area contributed by atoms with Gasteiger partial charge < -0.3 is 14.2 Å². The number of ether oxygens (including phenoxy) is 3. The lowest BCUT2D eigenvalue weighted by Crippen LogP contribution is -2.15. The van der Waals surface area contributed by atoms with E-state index in [0.717, 1.165) is 25.9 Å². The molecule has 0 saturated carbocycles. The van der Waals surface area contributed by atoms with Crippen molar-refractivity contribution in [1.29, 1.82) is 0 Å². The largest absolute Gasteiger partial charge is 0.486 e. The molecule has 0 N–H and O–H groups in total. The van der Waals surface area contributed by atoms with Crippen molar-refractivity contribution in [3.05, 3.63) is 17.2 Å². The number of rotatable bonds is 7. The predicted octanol–water partition coefficient (Wildman–Crippen LogP) is 3.04. The normalized spacial score (nSPS) is 15.1. The van der Waals surface area contributed by atoms with Crippen LogP contribution in [-0.2, 0) is 15.5 Å². The van der Waals surface area contributed by atoms with Crippen molar-refractivity contribution in [2.24, 2.45) is 0 Å². The third kappa shape index (κ3) is 4.11. The maximum absolute atomic E-state index is 12.3. The Morgan fingerprint density at radius 2 is 1.90 bits per heavy atom. The Labute approximate surface area is 126 Å². The minimum atomic E-state index is -1.11. The highest BCUT2D eigenvalue weighted by molar-refractivity contribution is 7.85. The maximum atomic E-state index is 12.3. The molecule has 0 aliphatic carbocycles. The fraction of sp³-hybridized carbons (Fsp3) is 0.571. The molecule has 1 atom stereocenters. The molecular formula is C14H19ClO4S. The van der Waals surface area contributed by atoms with Crippen LogP contribution in [0, 0.1) is 0 Å². The van der Waals surface area contributed by atoms with E-state index in [0.29, 0.717) is 40.4 Å². The molecule has 4 nitrogen and oxygen atoms in total. The van der Waals surface area contributed by atoms with Crippen molar-refractivity contribution >= 4 is 22.4 Å². The Kier molecular flexibility index (Phi) is 6.13. The molecule has 0 aromatic heterocycles. The molecular weight excluding hydrogens is 300 g/mol. The van der Waals surface area contributed by atoms with Gasteiger partial charge in [0.25, 0.3) is 0 Å². The van der Waals surface area contributed by atoms with E-state index in [-0.39, 0.29) is 0 Å². The van der Waals surface area contributed by atoms with E-state index >= 15 is 0 Å². The SMILES string of the molecule is COCCCCCS(=O)c1cc2c(cc1Cl)OCCO2. The zero-order valence-electron chi connectivity index (χ0n) is 11.5. The summed E-state index contributed by atoms with van der Waals surface area (Å²) in [5.74, 6) is 1.86. The van der Waals surface area contributed by atoms with Gasteiger partial charge in [0, 0.05) is 31.6 Å². The Morgan fingerprint density at radius 1 is 1.20 bits per heavy atom. The van der Waals surface area contributed by atoms with Gasteiger partial charge in [-0.2, -0.15) is 0 Å². The van der Waals surface area contributed by atoms with Crippen LogP contribution in [0.1, 0.15) is 19.3 Å². The average molecular weight is 319 g/mol. The number of halogens is 1. The standard InChI is InChI=1S/C14H19ClO4S/c1-17-5-3-2-4-8-20(16)14-10-13-12(9-11(14)15)18-6-7-19-13/h9-10H,2-8H2,1H3. The minimum absolute atomic E-state index is 0.476. The van der Waals surface area contributed by atoms with Crippen molar-refractivity contribution in [2.45, 2.75) is 24.2 Å². The van der Waals surface area contributed by atoms with Crippen molar-refractivity contribution in [3.8, 4) is 11.5 Å². The van der Waals surface area contributed by atoms with Crippen LogP contribution in [0.25, 0.3) is 0 Å². The monoisotopic (exact) mass is 318 g/mol. The molecule has 1 aliphatic heterocycles. The fourth-order valence-electron chi connectivity index (χ4n) is 1.99. The number of fused-ring (bicyclic) bond motifs is 1. The molecule has 0 amide bonds. The summed E-state index contributed by atoms with van der Waals surface area (Å²) in [6.07, 6.45) is 2.88. The number of hydrogen-bond donors (Lipinski definition) is 0. The Bertz CT molecular complexity index is 478. The summed E-state index contributed by atoms with van der Waals surface area (Å²) in [7, 11) is 0.581. The number of benzene rings is 1. The molecule has 1 aromatic rings. The molecule has 0 radical (unpaired) electrons. The molecule has 1 aromatic carbocycles. The lowest BCUT2D eigenvalue weighted by molar-refractivity contribution is 0.171. The molecule has 1 aliphatic rings. The third-order valence-corrected chi connectivity index (χ3v) is 4.93. The number of unbranched alkanes of at least 4 members (excludes halogenated alkanes) is 2. The van der Waals surface area contributed by atoms with Gasteiger partial charge in [-0.3, -0.25) is 4.21 Å². The van der Waals surface area contributed by atoms with Crippen LogP contribution >= 0.6 is 11.6 Å². The van der Waals surface area contributed by atoms with Crippen LogP contribution in [0.3, 0.4) is 0 Å². The summed E-state index contributed by atoms with van der Waals surface area (Å²) in [6, 6.07) is 3.43. The van der Waals surface area contributed by atoms with Crippen LogP contribution in [0.4, 0.5) is 0 Å². The van der Waals surface area contributed by atoms with Crippen LogP contribution in [0.5, 0.6) is 11.5 Å². The molecule has 2 rings (SSSR count). The van der Waals surface area contributed by atoms with E-state index in [2.05, 4.69) is 0 Å². The average Bonchev–Trinajstić information content (AvgIpc) is 2.46. The summed E-state index contributed by atoms with van der Waals surface area (Å²) in [5, 5.41) is 0.476. The highest BCUT2D eigenvalue weighted by atomic mass is 35.5. The lowest BCUT2D eigenvalue weighted by Gasteiger charge is -2.19. The van der Waals surface area contributed by atoms with Crippen molar-refractivity contribution in [2.75, 3.05) is 32.7 Å². The second kappa shape index (κ2) is 7.86. The van der Waals surface area contributed by atoms with Gasteiger partial charge in [-0.05, 0) is 12.8 Å². The first-order valence-corrected chi connectivity index (χ1v) is 8.38. The van der Waals surface area contributed by atoms with Crippen LogP contribution in [0.15, 0.2) is 17.0 Å². The second-order valence-electron chi connectivity index (χ2n) is 4.53. The topological polar surface area (TPSA) is 44.8 Å². The van der Waals surface area contributed by atoms with Gasteiger partial charge in [-0.1, -0.05) is 18.0 Å². The second-order valence-corrected chi connectivity index (χ2v) is 6.48. The number of hydrogen-bond acceptors (Lipinski definition) is 4. The minimum Gasteiger partial charge on any atom is -0.486 e. The molecule has 6 heteroatoms. The van der Waals surface area contributed by atoms with Crippen LogP contribution in [-0.4, -0.2) is 36.9 Å². The Balaban J connectivity index is 1.95. The van der Waals surface area contributed by atoms with Crippen LogP contribution in [0.2, 0.25) is 5.02 Å². The van der Waals surface area contributed by atoms with E-state index in [9.17, 15) is 4.21 Å². The van der Waals surface area contributed by atoms with Gasteiger partial charge in [0.2, 0.25) is 0 Å². The highest BCUT2D eigenvalue weighted by Gasteiger charge is 2.18. The first-order valence-electron chi connectivity index (χ1n) is 6.69. The van der Waals surface area contributed by atoms with Gasteiger partial charge >= 0.3 is 0 Å². The third-order valence-electron chi connectivity index (χ3n) is 3.02. The van der Waals surface area contributed by atoms with E-state index in [4.69, 9.17) is 25.8 Å². The van der Waals surface area contributed by atoms with Gasteiger partial charge in [0.05, 0.1) is 20.7 Å². The lowest BCUT2D eigenvalue weighted by atomic mass is 10.3. The summed E-state index contributed by atoms with van der Waals surface area (Å²) < 4.78 is 28.2. The molecule has 1 unspecified atom stereocenters. The van der Waals surface area contributed by atoms with E-state index in [1.54, 1.807) is 19.2 Å². The first-order chi connectivity index (χ1) is 9.72. The summed E-state index contributed by atoms with van der Waals surface area (Å²) >= 11 is 6.17. The zero-order valence-corrected chi connectivity index (χ0v) is 13.1. The molecule has 20 heavy (non-hydrogen) atoms. The Hall–Kier alpha value is -0.780. The zero-order chi connectivity index (χ0) is 14.4. The van der Waals surface area contributed by atoms with Gasteiger partial charge in [0.1, 0.15) is 13.2 Å². The first kappa shape index (κ1) is 15.6. The molecule has 0 saturated heterocycles. The molecule has 1 heterocycles. The van der Waals surface area contributed by atoms with E-state index in [1.165, 1.54) is 0 Å². The summed E-state index contributed by atoms with van der Waals surface area (Å²) in [4.78, 5) is 0.627. The predicted molar refractivity (Wildman–Crippen MR) is 79.4 cm³/mol. The Morgan fingerprint density at radius 3 is 2.60 bits per heavy atom. The van der Waals surface area contributed by atoms with Gasteiger partial charge in [-0.15, -0.1) is 0 Å². The highest BCUT2D eigenvalue weighted by Crippen LogP contribution is 2.36. The van der Waals surface area contributed by atoms with Gasteiger partial charge in [0.15, 0.2) is 11.5 Å². The smallest absolute Gasteiger partial charge is 0.162 e.